The number of hydrogen-bond acceptors (Lipinski definition) is 4. The molecule has 4 rings (SSSR count). The van der Waals surface area contributed by atoms with Gasteiger partial charge in [-0.15, -0.1) is 0 Å². The lowest BCUT2D eigenvalue weighted by Crippen LogP contribution is -2.53. The van der Waals surface area contributed by atoms with Crippen molar-refractivity contribution in [2.24, 2.45) is 11.8 Å². The van der Waals surface area contributed by atoms with Crippen molar-refractivity contribution >= 4 is 5.97 Å². The largest absolute Gasteiger partial charge is 0.469 e. The molecule has 3 aliphatic rings. The number of carbonyl (C=O) groups excluding carboxylic acids is 1. The minimum Gasteiger partial charge on any atom is -0.469 e. The minimum absolute atomic E-state index is 0.0250. The summed E-state index contributed by atoms with van der Waals surface area (Å²) in [5.41, 5.74) is 0.726. The van der Waals surface area contributed by atoms with Crippen molar-refractivity contribution in [2.45, 2.75) is 31.2 Å². The third kappa shape index (κ3) is 2.81. The van der Waals surface area contributed by atoms with Gasteiger partial charge in [0.05, 0.1) is 31.3 Å². The Morgan fingerprint density at radius 3 is 2.68 bits per heavy atom. The fourth-order valence-corrected chi connectivity index (χ4v) is 3.58. The summed E-state index contributed by atoms with van der Waals surface area (Å²) in [5, 5.41) is 0. The van der Waals surface area contributed by atoms with Crippen LogP contribution in [0.4, 0.5) is 0 Å². The van der Waals surface area contributed by atoms with E-state index < -0.39 is 5.60 Å². The van der Waals surface area contributed by atoms with Crippen molar-refractivity contribution < 1.29 is 19.0 Å². The molecule has 0 heterocycles. The highest BCUT2D eigenvalue weighted by molar-refractivity contribution is 5.74. The van der Waals surface area contributed by atoms with Crippen molar-refractivity contribution in [3.05, 3.63) is 48.0 Å². The van der Waals surface area contributed by atoms with Crippen LogP contribution in [0.2, 0.25) is 0 Å². The highest BCUT2D eigenvalue weighted by Crippen LogP contribution is 2.46. The van der Waals surface area contributed by atoms with E-state index in [4.69, 9.17) is 14.2 Å². The second kappa shape index (κ2) is 6.23. The second-order valence-electron chi connectivity index (χ2n) is 6.08. The van der Waals surface area contributed by atoms with Crippen LogP contribution in [0.25, 0.3) is 0 Å². The summed E-state index contributed by atoms with van der Waals surface area (Å²) >= 11 is 0. The van der Waals surface area contributed by atoms with E-state index >= 15 is 0 Å². The first-order valence-corrected chi connectivity index (χ1v) is 7.65. The van der Waals surface area contributed by atoms with Gasteiger partial charge in [0.25, 0.3) is 0 Å². The Balaban J connectivity index is 1.74. The van der Waals surface area contributed by atoms with E-state index in [0.29, 0.717) is 13.0 Å². The molecule has 22 heavy (non-hydrogen) atoms. The normalized spacial score (nSPS) is 32.9. The van der Waals surface area contributed by atoms with Crippen LogP contribution in [0.15, 0.2) is 42.5 Å². The van der Waals surface area contributed by atoms with Crippen molar-refractivity contribution in [1.29, 1.82) is 0 Å². The Hall–Kier alpha value is -1.65. The molecule has 0 aliphatic heterocycles. The van der Waals surface area contributed by atoms with Crippen LogP contribution in [0.5, 0.6) is 0 Å². The molecular weight excluding hydrogens is 280 g/mol. The zero-order valence-corrected chi connectivity index (χ0v) is 13.0. The summed E-state index contributed by atoms with van der Waals surface area (Å²) in [5.74, 6) is -0.304. The average Bonchev–Trinajstić information content (AvgIpc) is 2.60. The molecule has 0 N–H and O–H groups in total. The highest BCUT2D eigenvalue weighted by Gasteiger charge is 2.51. The van der Waals surface area contributed by atoms with Crippen molar-refractivity contribution in [3.63, 3.8) is 0 Å². The van der Waals surface area contributed by atoms with Crippen LogP contribution in [-0.4, -0.2) is 31.9 Å². The molecule has 1 saturated carbocycles. The summed E-state index contributed by atoms with van der Waals surface area (Å²) in [7, 11) is 3.13. The topological polar surface area (TPSA) is 44.8 Å². The van der Waals surface area contributed by atoms with Gasteiger partial charge in [-0.2, -0.15) is 0 Å². The van der Waals surface area contributed by atoms with Gasteiger partial charge in [0.15, 0.2) is 0 Å². The lowest BCUT2D eigenvalue weighted by molar-refractivity contribution is -0.164. The molecule has 1 aromatic carbocycles. The standard InChI is InChI=1S/C18H22O4/c1-20-17(19)15-10-18(21-2)9-8-14(15)16(11-18)22-12-13-6-4-3-5-7-13/h3-9,14-16H,10-12H2,1-2H3/t14-,15?,16+,18-/m0/s1. The Labute approximate surface area is 131 Å². The predicted molar refractivity (Wildman–Crippen MR) is 82.1 cm³/mol. The van der Waals surface area contributed by atoms with Crippen LogP contribution < -0.4 is 0 Å². The number of methoxy groups -OCH3 is 2. The van der Waals surface area contributed by atoms with Gasteiger partial charge in [-0.1, -0.05) is 42.5 Å². The third-order valence-electron chi connectivity index (χ3n) is 4.85. The van der Waals surface area contributed by atoms with Gasteiger partial charge in [-0.25, -0.2) is 0 Å². The van der Waals surface area contributed by atoms with Gasteiger partial charge in [0, 0.05) is 19.4 Å². The van der Waals surface area contributed by atoms with Gasteiger partial charge < -0.3 is 14.2 Å². The summed E-state index contributed by atoms with van der Waals surface area (Å²) in [6.45, 7) is 0.545. The second-order valence-corrected chi connectivity index (χ2v) is 6.08. The third-order valence-corrected chi connectivity index (χ3v) is 4.85. The van der Waals surface area contributed by atoms with Gasteiger partial charge in [-0.05, 0) is 12.0 Å². The Kier molecular flexibility index (Phi) is 4.32. The number of hydrogen-bond donors (Lipinski definition) is 0. The SMILES string of the molecule is COC(=O)C1C[C@@]2(OC)C=C[C@@H]1[C@H](OCc1ccccc1)C2. The quantitative estimate of drug-likeness (QED) is 0.620. The number of benzene rings is 1. The molecule has 0 spiro atoms. The molecule has 4 atom stereocenters. The average molecular weight is 302 g/mol. The maximum Gasteiger partial charge on any atom is 0.309 e. The summed E-state index contributed by atoms with van der Waals surface area (Å²) in [6, 6.07) is 10.1. The predicted octanol–water partition coefficient (Wildman–Crippen LogP) is 2.73. The molecule has 1 fully saturated rings. The van der Waals surface area contributed by atoms with Crippen molar-refractivity contribution in [1.82, 2.24) is 0 Å². The van der Waals surface area contributed by atoms with E-state index in [1.165, 1.54) is 7.11 Å². The molecule has 118 valence electrons. The van der Waals surface area contributed by atoms with Crippen LogP contribution >= 0.6 is 0 Å². The maximum absolute atomic E-state index is 12.1. The molecule has 4 heteroatoms. The lowest BCUT2D eigenvalue weighted by Gasteiger charge is -2.48. The fraction of sp³-hybridized carbons (Fsp3) is 0.500. The van der Waals surface area contributed by atoms with E-state index in [-0.39, 0.29) is 23.9 Å². The van der Waals surface area contributed by atoms with E-state index in [1.807, 2.05) is 30.3 Å². The number of esters is 1. The van der Waals surface area contributed by atoms with E-state index in [1.54, 1.807) is 7.11 Å². The summed E-state index contributed by atoms with van der Waals surface area (Å²) in [4.78, 5) is 12.1. The first-order valence-electron chi connectivity index (χ1n) is 7.65. The molecular formula is C18H22O4. The van der Waals surface area contributed by atoms with Gasteiger partial charge in [0.2, 0.25) is 0 Å². The first kappa shape index (κ1) is 15.3. The maximum atomic E-state index is 12.1. The number of carbonyl (C=O) groups is 1. The monoisotopic (exact) mass is 302 g/mol. The molecule has 1 aromatic rings. The van der Waals surface area contributed by atoms with Gasteiger partial charge in [0.1, 0.15) is 0 Å². The van der Waals surface area contributed by atoms with E-state index in [9.17, 15) is 4.79 Å². The van der Waals surface area contributed by atoms with E-state index in [0.717, 1.165) is 12.0 Å². The number of rotatable bonds is 5. The van der Waals surface area contributed by atoms with Crippen LogP contribution in [-0.2, 0) is 25.6 Å². The molecule has 0 amide bonds. The molecule has 0 radical (unpaired) electrons. The molecule has 0 aromatic heterocycles. The zero-order chi connectivity index (χ0) is 15.6. The van der Waals surface area contributed by atoms with Gasteiger partial charge >= 0.3 is 5.97 Å². The van der Waals surface area contributed by atoms with Crippen LogP contribution in [0.1, 0.15) is 18.4 Å². The number of fused-ring (bicyclic) bond motifs is 2. The highest BCUT2D eigenvalue weighted by atomic mass is 16.5. The smallest absolute Gasteiger partial charge is 0.309 e. The van der Waals surface area contributed by atoms with Crippen LogP contribution in [0.3, 0.4) is 0 Å². The van der Waals surface area contributed by atoms with Crippen molar-refractivity contribution in [3.8, 4) is 0 Å². The summed E-state index contributed by atoms with van der Waals surface area (Å²) in [6.07, 6.45) is 5.57. The molecule has 0 saturated heterocycles. The zero-order valence-electron chi connectivity index (χ0n) is 13.0. The Bertz CT molecular complexity index is 553. The first-order chi connectivity index (χ1) is 10.7. The lowest BCUT2D eigenvalue weighted by atomic mass is 9.65. The molecule has 4 nitrogen and oxygen atoms in total. The van der Waals surface area contributed by atoms with Gasteiger partial charge in [-0.3, -0.25) is 4.79 Å². The minimum atomic E-state index is -0.408. The van der Waals surface area contributed by atoms with E-state index in [2.05, 4.69) is 12.2 Å². The Morgan fingerprint density at radius 1 is 1.23 bits per heavy atom. The molecule has 1 unspecified atom stereocenters. The van der Waals surface area contributed by atoms with Crippen LogP contribution in [0, 0.1) is 11.8 Å². The molecule has 3 aliphatic carbocycles. The molecule has 2 bridgehead atoms. The Morgan fingerprint density at radius 2 is 2.00 bits per heavy atom. The summed E-state index contributed by atoms with van der Waals surface area (Å²) < 4.78 is 16.8. The fourth-order valence-electron chi connectivity index (χ4n) is 3.58. The number of ether oxygens (including phenoxy) is 3. The van der Waals surface area contributed by atoms with Crippen molar-refractivity contribution in [2.75, 3.05) is 14.2 Å².